The second-order valence-corrected chi connectivity index (χ2v) is 8.00. The van der Waals surface area contributed by atoms with E-state index in [0.29, 0.717) is 12.5 Å². The van der Waals surface area contributed by atoms with Gasteiger partial charge in [0.25, 0.3) is 0 Å². The summed E-state index contributed by atoms with van der Waals surface area (Å²) in [6, 6.07) is 15.3. The Kier molecular flexibility index (Phi) is 6.07. The van der Waals surface area contributed by atoms with Gasteiger partial charge in [-0.1, -0.05) is 56.2 Å². The maximum Gasteiger partial charge on any atom is 0.321 e. The monoisotopic (exact) mass is 419 g/mol. The Labute approximate surface area is 182 Å². The highest BCUT2D eigenvalue weighted by molar-refractivity contribution is 6.08. The van der Waals surface area contributed by atoms with Crippen LogP contribution in [-0.4, -0.2) is 34.6 Å². The van der Waals surface area contributed by atoms with Crippen LogP contribution in [0.5, 0.6) is 0 Å². The number of unbranched alkanes of at least 4 members (excludes halogenated alkanes) is 2. The number of aromatic nitrogens is 2. The van der Waals surface area contributed by atoms with Crippen molar-refractivity contribution in [3.05, 3.63) is 59.7 Å². The number of carbonyl (C=O) groups is 2. The van der Waals surface area contributed by atoms with Crippen LogP contribution < -0.4 is 4.90 Å². The fraction of sp³-hybridized carbons (Fsp3) is 0.400. The van der Waals surface area contributed by atoms with Crippen LogP contribution in [0.4, 0.5) is 5.95 Å². The third-order valence-corrected chi connectivity index (χ3v) is 5.98. The fourth-order valence-corrected chi connectivity index (χ4v) is 4.48. The second kappa shape index (κ2) is 8.92. The number of ether oxygens (including phenoxy) is 1. The Bertz CT molecular complexity index is 1100. The maximum absolute atomic E-state index is 13.7. The van der Waals surface area contributed by atoms with Crippen LogP contribution >= 0.6 is 0 Å². The first kappa shape index (κ1) is 21.1. The van der Waals surface area contributed by atoms with Gasteiger partial charge in [0, 0.05) is 6.54 Å². The van der Waals surface area contributed by atoms with E-state index in [1.54, 1.807) is 11.8 Å². The molecule has 4 rings (SSSR count). The zero-order valence-corrected chi connectivity index (χ0v) is 18.4. The number of hydrogen-bond donors (Lipinski definition) is 0. The van der Waals surface area contributed by atoms with Crippen molar-refractivity contribution >= 4 is 28.9 Å². The first-order valence-electron chi connectivity index (χ1n) is 11.1. The van der Waals surface area contributed by atoms with Gasteiger partial charge in [0.2, 0.25) is 11.9 Å². The summed E-state index contributed by atoms with van der Waals surface area (Å²) in [5.74, 6) is -1.06. The van der Waals surface area contributed by atoms with E-state index < -0.39 is 17.9 Å². The van der Waals surface area contributed by atoms with Gasteiger partial charge in [0.1, 0.15) is 0 Å². The molecule has 1 aliphatic heterocycles. The Balaban J connectivity index is 1.96. The predicted molar refractivity (Wildman–Crippen MR) is 121 cm³/mol. The van der Waals surface area contributed by atoms with Crippen LogP contribution in [0.1, 0.15) is 50.3 Å². The molecule has 0 unspecified atom stereocenters. The molecule has 0 bridgehead atoms. The molecule has 2 heterocycles. The number of amides is 1. The summed E-state index contributed by atoms with van der Waals surface area (Å²) in [5, 5.41) is 0. The standard InChI is InChI=1S/C25H29N3O3/c1-4-6-11-16-27-23(29)21(24(30)31-5-2)22(18-13-8-7-12-17(18)3)28-20-15-10-9-14-19(20)26-25(27)28/h7-10,12-15,21-22H,4-6,11,16H2,1-3H3/t21-,22-/m1/s1. The molecule has 3 aromatic rings. The number of rotatable bonds is 7. The molecular formula is C25H29N3O3. The van der Waals surface area contributed by atoms with E-state index in [0.717, 1.165) is 41.4 Å². The normalized spacial score (nSPS) is 18.3. The number of hydrogen-bond acceptors (Lipinski definition) is 4. The molecule has 1 aliphatic rings. The number of para-hydroxylation sites is 2. The molecule has 0 saturated carbocycles. The van der Waals surface area contributed by atoms with Gasteiger partial charge in [0.05, 0.1) is 23.7 Å². The summed E-state index contributed by atoms with van der Waals surface area (Å²) in [4.78, 5) is 33.4. The smallest absolute Gasteiger partial charge is 0.321 e. The summed E-state index contributed by atoms with van der Waals surface area (Å²) in [6.45, 7) is 6.67. The van der Waals surface area contributed by atoms with E-state index in [1.165, 1.54) is 0 Å². The van der Waals surface area contributed by atoms with E-state index in [4.69, 9.17) is 9.72 Å². The second-order valence-electron chi connectivity index (χ2n) is 8.00. The quantitative estimate of drug-likeness (QED) is 0.318. The molecule has 31 heavy (non-hydrogen) atoms. The number of nitrogens with zero attached hydrogens (tertiary/aromatic N) is 3. The van der Waals surface area contributed by atoms with E-state index >= 15 is 0 Å². The number of esters is 1. The van der Waals surface area contributed by atoms with Gasteiger partial charge in [-0.2, -0.15) is 0 Å². The fourth-order valence-electron chi connectivity index (χ4n) is 4.48. The van der Waals surface area contributed by atoms with Crippen molar-refractivity contribution in [1.82, 2.24) is 9.55 Å². The molecule has 6 heteroatoms. The number of imidazole rings is 1. The topological polar surface area (TPSA) is 64.4 Å². The van der Waals surface area contributed by atoms with Crippen LogP contribution in [0, 0.1) is 12.8 Å². The van der Waals surface area contributed by atoms with E-state index in [2.05, 4.69) is 11.5 Å². The van der Waals surface area contributed by atoms with Crippen LogP contribution in [0.3, 0.4) is 0 Å². The Morgan fingerprint density at radius 1 is 1.06 bits per heavy atom. The zero-order valence-electron chi connectivity index (χ0n) is 18.4. The lowest BCUT2D eigenvalue weighted by Crippen LogP contribution is -2.50. The maximum atomic E-state index is 13.7. The lowest BCUT2D eigenvalue weighted by atomic mass is 9.87. The van der Waals surface area contributed by atoms with Gasteiger partial charge >= 0.3 is 5.97 Å². The van der Waals surface area contributed by atoms with Crippen LogP contribution in [-0.2, 0) is 14.3 Å². The van der Waals surface area contributed by atoms with Crippen molar-refractivity contribution in [2.24, 2.45) is 5.92 Å². The molecule has 1 amide bonds. The number of benzene rings is 2. The van der Waals surface area contributed by atoms with Gasteiger partial charge in [-0.25, -0.2) is 4.98 Å². The molecular weight excluding hydrogens is 390 g/mol. The highest BCUT2D eigenvalue weighted by Crippen LogP contribution is 2.42. The summed E-state index contributed by atoms with van der Waals surface area (Å²) in [5.41, 5.74) is 3.69. The van der Waals surface area contributed by atoms with Crippen molar-refractivity contribution in [3.8, 4) is 0 Å². The van der Waals surface area contributed by atoms with Gasteiger partial charge in [-0.15, -0.1) is 0 Å². The molecule has 0 fully saturated rings. The third kappa shape index (κ3) is 3.71. The average molecular weight is 420 g/mol. The SMILES string of the molecule is CCCCCN1C(=O)[C@H](C(=O)OCC)[C@@H](c2ccccc2C)n2c1nc1ccccc12. The molecule has 0 N–H and O–H groups in total. The van der Waals surface area contributed by atoms with Gasteiger partial charge in [-0.3, -0.25) is 14.5 Å². The molecule has 1 aromatic heterocycles. The van der Waals surface area contributed by atoms with Crippen molar-refractivity contribution in [3.63, 3.8) is 0 Å². The number of aryl methyl sites for hydroxylation is 1. The highest BCUT2D eigenvalue weighted by Gasteiger charge is 2.48. The molecule has 0 aliphatic carbocycles. The molecule has 2 aromatic carbocycles. The number of fused-ring (bicyclic) bond motifs is 3. The Morgan fingerprint density at radius 2 is 1.81 bits per heavy atom. The minimum atomic E-state index is -0.951. The van der Waals surface area contributed by atoms with Crippen LogP contribution in [0.25, 0.3) is 11.0 Å². The van der Waals surface area contributed by atoms with Crippen LogP contribution in [0.2, 0.25) is 0 Å². The van der Waals surface area contributed by atoms with E-state index in [9.17, 15) is 9.59 Å². The average Bonchev–Trinajstić information content (AvgIpc) is 3.14. The number of carbonyl (C=O) groups excluding carboxylic acids is 2. The molecule has 0 radical (unpaired) electrons. The summed E-state index contributed by atoms with van der Waals surface area (Å²) >= 11 is 0. The minimum Gasteiger partial charge on any atom is -0.465 e. The van der Waals surface area contributed by atoms with E-state index in [-0.39, 0.29) is 12.5 Å². The molecule has 162 valence electrons. The zero-order chi connectivity index (χ0) is 22.0. The number of anilines is 1. The third-order valence-electron chi connectivity index (χ3n) is 5.98. The first-order valence-corrected chi connectivity index (χ1v) is 11.1. The van der Waals surface area contributed by atoms with Crippen molar-refractivity contribution < 1.29 is 14.3 Å². The summed E-state index contributed by atoms with van der Waals surface area (Å²) < 4.78 is 7.46. The Morgan fingerprint density at radius 3 is 2.55 bits per heavy atom. The van der Waals surface area contributed by atoms with Gasteiger partial charge < -0.3 is 9.30 Å². The highest BCUT2D eigenvalue weighted by atomic mass is 16.5. The largest absolute Gasteiger partial charge is 0.465 e. The van der Waals surface area contributed by atoms with Crippen molar-refractivity contribution in [1.29, 1.82) is 0 Å². The van der Waals surface area contributed by atoms with Crippen molar-refractivity contribution in [2.45, 2.75) is 46.1 Å². The lowest BCUT2D eigenvalue weighted by Gasteiger charge is -2.38. The molecule has 0 spiro atoms. The lowest BCUT2D eigenvalue weighted by molar-refractivity contribution is -0.153. The predicted octanol–water partition coefficient (Wildman–Crippen LogP) is 4.65. The molecule has 6 nitrogen and oxygen atoms in total. The minimum absolute atomic E-state index is 0.231. The summed E-state index contributed by atoms with van der Waals surface area (Å²) in [7, 11) is 0. The van der Waals surface area contributed by atoms with Crippen molar-refractivity contribution in [2.75, 3.05) is 18.1 Å². The Hall–Kier alpha value is -3.15. The summed E-state index contributed by atoms with van der Waals surface area (Å²) in [6.07, 6.45) is 2.91. The van der Waals surface area contributed by atoms with Crippen LogP contribution in [0.15, 0.2) is 48.5 Å². The molecule has 0 saturated heterocycles. The van der Waals surface area contributed by atoms with Gasteiger partial charge in [-0.05, 0) is 43.5 Å². The van der Waals surface area contributed by atoms with E-state index in [1.807, 2.05) is 55.5 Å². The first-order chi connectivity index (χ1) is 15.1. The van der Waals surface area contributed by atoms with Gasteiger partial charge in [0.15, 0.2) is 5.92 Å². The molecule has 2 atom stereocenters.